The van der Waals surface area contributed by atoms with Crippen molar-refractivity contribution in [1.82, 2.24) is 9.97 Å². The molecule has 2 aromatic rings. The number of nitrogens with one attached hydrogen (secondary N) is 1. The number of thioether (sulfide) groups is 1. The Morgan fingerprint density at radius 2 is 2.05 bits per heavy atom. The van der Waals surface area contributed by atoms with E-state index in [9.17, 15) is 14.9 Å². The second-order valence-corrected chi connectivity index (χ2v) is 5.50. The van der Waals surface area contributed by atoms with Crippen molar-refractivity contribution in [3.05, 3.63) is 52.0 Å². The molecule has 1 amide bonds. The van der Waals surface area contributed by atoms with Gasteiger partial charge in [0.15, 0.2) is 0 Å². The fraction of sp³-hybridized carbons (Fsp3) is 0.214. The van der Waals surface area contributed by atoms with Gasteiger partial charge in [0.1, 0.15) is 16.5 Å². The molecule has 0 spiro atoms. The lowest BCUT2D eigenvalue weighted by atomic mass is 10.2. The summed E-state index contributed by atoms with van der Waals surface area (Å²) in [7, 11) is 0. The van der Waals surface area contributed by atoms with Gasteiger partial charge in [0.25, 0.3) is 5.69 Å². The monoisotopic (exact) mass is 318 g/mol. The Hall–Kier alpha value is -2.48. The molecular formula is C14H14N4O3S. The number of carbonyl (C=O) groups is 1. The highest BCUT2D eigenvalue weighted by Crippen LogP contribution is 2.24. The molecule has 0 unspecified atom stereocenters. The van der Waals surface area contributed by atoms with Crippen LogP contribution < -0.4 is 5.32 Å². The van der Waals surface area contributed by atoms with E-state index < -0.39 is 4.92 Å². The first kappa shape index (κ1) is 15.9. The number of hydrogen-bond donors (Lipinski definition) is 1. The predicted octanol–water partition coefficient (Wildman–Crippen LogP) is 2.73. The molecule has 0 aliphatic heterocycles. The van der Waals surface area contributed by atoms with Gasteiger partial charge < -0.3 is 5.32 Å². The van der Waals surface area contributed by atoms with Crippen molar-refractivity contribution >= 4 is 29.0 Å². The summed E-state index contributed by atoms with van der Waals surface area (Å²) in [5.74, 6) is 0.428. The Morgan fingerprint density at radius 3 is 2.73 bits per heavy atom. The van der Waals surface area contributed by atoms with E-state index in [-0.39, 0.29) is 23.0 Å². The van der Waals surface area contributed by atoms with E-state index in [0.717, 1.165) is 5.69 Å². The van der Waals surface area contributed by atoms with E-state index in [0.29, 0.717) is 10.9 Å². The molecule has 22 heavy (non-hydrogen) atoms. The molecule has 0 aliphatic carbocycles. The number of aromatic nitrogens is 2. The second-order valence-electron chi connectivity index (χ2n) is 4.51. The summed E-state index contributed by atoms with van der Waals surface area (Å²) in [6.45, 7) is 3.64. The number of aryl methyl sites for hydroxylation is 2. The molecule has 1 aromatic heterocycles. The molecule has 1 N–H and O–H groups in total. The second kappa shape index (κ2) is 6.99. The van der Waals surface area contributed by atoms with Crippen molar-refractivity contribution in [1.29, 1.82) is 0 Å². The Kier molecular flexibility index (Phi) is 5.05. The van der Waals surface area contributed by atoms with Gasteiger partial charge >= 0.3 is 0 Å². The van der Waals surface area contributed by atoms with Crippen molar-refractivity contribution in [2.75, 3.05) is 11.1 Å². The van der Waals surface area contributed by atoms with Crippen LogP contribution in [0.3, 0.4) is 0 Å². The summed E-state index contributed by atoms with van der Waals surface area (Å²) in [6.07, 6.45) is 0. The van der Waals surface area contributed by atoms with E-state index in [1.165, 1.54) is 23.9 Å². The maximum atomic E-state index is 11.9. The molecule has 0 saturated carbocycles. The van der Waals surface area contributed by atoms with E-state index in [4.69, 9.17) is 0 Å². The third-order valence-corrected chi connectivity index (χ3v) is 3.58. The first-order valence-corrected chi connectivity index (χ1v) is 7.42. The lowest BCUT2D eigenvalue weighted by Crippen LogP contribution is -2.15. The molecule has 0 fully saturated rings. The van der Waals surface area contributed by atoms with Crippen molar-refractivity contribution in [2.24, 2.45) is 0 Å². The summed E-state index contributed by atoms with van der Waals surface area (Å²) < 4.78 is 0. The largest absolute Gasteiger partial charge is 0.320 e. The molecule has 1 heterocycles. The van der Waals surface area contributed by atoms with Crippen LogP contribution in [0.5, 0.6) is 0 Å². The minimum atomic E-state index is -0.528. The van der Waals surface area contributed by atoms with Gasteiger partial charge in [-0.3, -0.25) is 14.9 Å². The van der Waals surface area contributed by atoms with Gasteiger partial charge in [-0.25, -0.2) is 9.97 Å². The quantitative estimate of drug-likeness (QED) is 0.394. The Balaban J connectivity index is 2.00. The summed E-state index contributed by atoms with van der Waals surface area (Å²) >= 11 is 1.26. The van der Waals surface area contributed by atoms with Crippen LogP contribution in [-0.2, 0) is 4.79 Å². The Bertz CT molecular complexity index is 701. The predicted molar refractivity (Wildman–Crippen MR) is 84.0 cm³/mol. The van der Waals surface area contributed by atoms with Crippen molar-refractivity contribution < 1.29 is 9.72 Å². The summed E-state index contributed by atoms with van der Waals surface area (Å²) in [5, 5.41) is 14.1. The molecule has 114 valence electrons. The van der Waals surface area contributed by atoms with E-state index in [1.807, 2.05) is 6.92 Å². The average Bonchev–Trinajstić information content (AvgIpc) is 2.44. The molecule has 0 atom stereocenters. The standard InChI is InChI=1S/C14H14N4O3S/c1-9-7-14(16-10(2)15-9)22-8-13(19)17-11-5-3-4-6-12(11)18(20)21/h3-7H,8H2,1-2H3,(H,17,19). The van der Waals surface area contributed by atoms with Crippen LogP contribution in [0.25, 0.3) is 0 Å². The van der Waals surface area contributed by atoms with E-state index in [1.54, 1.807) is 25.1 Å². The van der Waals surface area contributed by atoms with Crippen molar-refractivity contribution in [2.45, 2.75) is 18.9 Å². The van der Waals surface area contributed by atoms with Crippen LogP contribution in [-0.4, -0.2) is 26.6 Å². The normalized spacial score (nSPS) is 10.3. The number of rotatable bonds is 5. The fourth-order valence-corrected chi connectivity index (χ4v) is 2.62. The van der Waals surface area contributed by atoms with Crippen molar-refractivity contribution in [3.8, 4) is 0 Å². The van der Waals surface area contributed by atoms with Gasteiger partial charge in [0.2, 0.25) is 5.91 Å². The summed E-state index contributed by atoms with van der Waals surface area (Å²) in [4.78, 5) is 30.7. The summed E-state index contributed by atoms with van der Waals surface area (Å²) in [6, 6.07) is 7.82. The van der Waals surface area contributed by atoms with Gasteiger partial charge in [-0.1, -0.05) is 23.9 Å². The van der Waals surface area contributed by atoms with Gasteiger partial charge in [-0.2, -0.15) is 0 Å². The molecule has 1 aromatic carbocycles. The smallest absolute Gasteiger partial charge is 0.292 e. The molecule has 0 aliphatic rings. The highest BCUT2D eigenvalue weighted by molar-refractivity contribution is 7.99. The zero-order chi connectivity index (χ0) is 16.1. The lowest BCUT2D eigenvalue weighted by Gasteiger charge is -2.06. The number of nitro groups is 1. The van der Waals surface area contributed by atoms with E-state index in [2.05, 4.69) is 15.3 Å². The molecule has 2 rings (SSSR count). The maximum Gasteiger partial charge on any atom is 0.292 e. The van der Waals surface area contributed by atoms with Gasteiger partial charge in [-0.15, -0.1) is 0 Å². The topological polar surface area (TPSA) is 98.0 Å². The van der Waals surface area contributed by atoms with Crippen LogP contribution in [0, 0.1) is 24.0 Å². The van der Waals surface area contributed by atoms with Crippen LogP contribution >= 0.6 is 11.8 Å². The molecule has 7 nitrogen and oxygen atoms in total. The van der Waals surface area contributed by atoms with E-state index >= 15 is 0 Å². The number of amides is 1. The molecule has 8 heteroatoms. The minimum Gasteiger partial charge on any atom is -0.320 e. The summed E-state index contributed by atoms with van der Waals surface area (Å²) in [5.41, 5.74) is 0.886. The minimum absolute atomic E-state index is 0.113. The van der Waals surface area contributed by atoms with Gasteiger partial charge in [-0.05, 0) is 26.0 Å². The zero-order valence-corrected chi connectivity index (χ0v) is 12.9. The Morgan fingerprint density at radius 1 is 1.32 bits per heavy atom. The number of carbonyl (C=O) groups excluding carboxylic acids is 1. The fourth-order valence-electron chi connectivity index (χ4n) is 1.82. The average molecular weight is 318 g/mol. The highest BCUT2D eigenvalue weighted by atomic mass is 32.2. The maximum absolute atomic E-state index is 11.9. The number of hydrogen-bond acceptors (Lipinski definition) is 6. The molecule has 0 saturated heterocycles. The number of nitro benzene ring substituents is 1. The molecular weight excluding hydrogens is 304 g/mol. The van der Waals surface area contributed by atoms with Crippen molar-refractivity contribution in [3.63, 3.8) is 0 Å². The van der Waals surface area contributed by atoms with Gasteiger partial charge in [0.05, 0.1) is 10.7 Å². The first-order valence-electron chi connectivity index (χ1n) is 6.44. The third kappa shape index (κ3) is 4.26. The van der Waals surface area contributed by atoms with Crippen LogP contribution in [0.15, 0.2) is 35.4 Å². The SMILES string of the molecule is Cc1cc(SCC(=O)Nc2ccccc2[N+](=O)[O-])nc(C)n1. The number of nitrogens with zero attached hydrogens (tertiary/aromatic N) is 3. The first-order chi connectivity index (χ1) is 10.5. The number of anilines is 1. The zero-order valence-electron chi connectivity index (χ0n) is 12.1. The molecule has 0 bridgehead atoms. The molecule has 0 radical (unpaired) electrons. The van der Waals surface area contributed by atoms with Crippen LogP contribution in [0.2, 0.25) is 0 Å². The lowest BCUT2D eigenvalue weighted by molar-refractivity contribution is -0.383. The van der Waals surface area contributed by atoms with Gasteiger partial charge in [0, 0.05) is 11.8 Å². The van der Waals surface area contributed by atoms with Crippen LogP contribution in [0.4, 0.5) is 11.4 Å². The number of para-hydroxylation sites is 2. The number of benzene rings is 1. The highest BCUT2D eigenvalue weighted by Gasteiger charge is 2.15. The Labute approximate surface area is 131 Å². The third-order valence-electron chi connectivity index (χ3n) is 2.67. The van der Waals surface area contributed by atoms with Crippen LogP contribution in [0.1, 0.15) is 11.5 Å².